The molecule has 0 radical (unpaired) electrons. The number of halogens is 1. The van der Waals surface area contributed by atoms with Crippen LogP contribution in [0, 0.1) is 0 Å². The number of nitrogens with zero attached hydrogens (tertiary/aromatic N) is 1. The van der Waals surface area contributed by atoms with Crippen molar-refractivity contribution in [2.75, 3.05) is 5.73 Å². The molecule has 2 N–H and O–H groups in total. The van der Waals surface area contributed by atoms with E-state index in [2.05, 4.69) is 39.1 Å². The predicted octanol–water partition coefficient (Wildman–Crippen LogP) is 4.73. The van der Waals surface area contributed by atoms with Crippen molar-refractivity contribution >= 4 is 44.3 Å². The van der Waals surface area contributed by atoms with Crippen LogP contribution in [0.5, 0.6) is 0 Å². The lowest BCUT2D eigenvalue weighted by Gasteiger charge is -2.04. The molecule has 0 aliphatic heterocycles. The summed E-state index contributed by atoms with van der Waals surface area (Å²) < 4.78 is 1.08. The molecule has 3 aromatic rings. The molecular formula is C15H11BrN2S. The molecule has 0 bridgehead atoms. The predicted molar refractivity (Wildman–Crippen MR) is 84.4 cm³/mol. The van der Waals surface area contributed by atoms with Gasteiger partial charge >= 0.3 is 0 Å². The van der Waals surface area contributed by atoms with Crippen molar-refractivity contribution < 1.29 is 0 Å². The van der Waals surface area contributed by atoms with Crippen molar-refractivity contribution in [3.05, 3.63) is 59.1 Å². The van der Waals surface area contributed by atoms with E-state index in [0.717, 1.165) is 31.0 Å². The summed E-state index contributed by atoms with van der Waals surface area (Å²) in [4.78, 5) is 5.80. The average Bonchev–Trinajstić information content (AvgIpc) is 2.39. The second-order valence-electron chi connectivity index (χ2n) is 4.16. The lowest BCUT2D eigenvalue weighted by atomic mass is 10.2. The molecule has 0 atom stereocenters. The second-order valence-corrected chi connectivity index (χ2v) is 6.17. The van der Waals surface area contributed by atoms with Gasteiger partial charge in [0.05, 0.1) is 5.52 Å². The highest BCUT2D eigenvalue weighted by Gasteiger charge is 2.02. The molecule has 0 saturated heterocycles. The molecule has 0 fully saturated rings. The van der Waals surface area contributed by atoms with Crippen molar-refractivity contribution in [2.24, 2.45) is 0 Å². The van der Waals surface area contributed by atoms with Crippen molar-refractivity contribution in [3.8, 4) is 0 Å². The summed E-state index contributed by atoms with van der Waals surface area (Å²) >= 11 is 5.12. The first-order valence-corrected chi connectivity index (χ1v) is 7.41. The maximum absolute atomic E-state index is 5.76. The van der Waals surface area contributed by atoms with Crippen LogP contribution < -0.4 is 5.73 Å². The van der Waals surface area contributed by atoms with Crippen molar-refractivity contribution in [1.29, 1.82) is 0 Å². The van der Waals surface area contributed by atoms with Crippen LogP contribution in [0.2, 0.25) is 0 Å². The van der Waals surface area contributed by atoms with E-state index in [-0.39, 0.29) is 0 Å². The van der Waals surface area contributed by atoms with Gasteiger partial charge < -0.3 is 5.73 Å². The van der Waals surface area contributed by atoms with E-state index in [0.29, 0.717) is 0 Å². The van der Waals surface area contributed by atoms with Crippen LogP contribution >= 0.6 is 27.7 Å². The molecule has 0 amide bonds. The van der Waals surface area contributed by atoms with Gasteiger partial charge in [0.1, 0.15) is 5.03 Å². The van der Waals surface area contributed by atoms with Gasteiger partial charge in [-0.3, -0.25) is 0 Å². The molecule has 0 aliphatic carbocycles. The van der Waals surface area contributed by atoms with Crippen LogP contribution in [0.3, 0.4) is 0 Å². The molecule has 4 heteroatoms. The minimum atomic E-state index is 0.765. The molecular weight excluding hydrogens is 320 g/mol. The third-order valence-electron chi connectivity index (χ3n) is 2.71. The third kappa shape index (κ3) is 2.91. The van der Waals surface area contributed by atoms with Gasteiger partial charge in [-0.25, -0.2) is 4.98 Å². The summed E-state index contributed by atoms with van der Waals surface area (Å²) in [6.07, 6.45) is 0. The summed E-state index contributed by atoms with van der Waals surface area (Å²) in [7, 11) is 0. The molecule has 1 aromatic heterocycles. The molecule has 0 spiro atoms. The van der Waals surface area contributed by atoms with E-state index in [1.54, 1.807) is 11.8 Å². The molecule has 94 valence electrons. The Kier molecular flexibility index (Phi) is 3.44. The third-order valence-corrected chi connectivity index (χ3v) is 4.13. The first kappa shape index (κ1) is 12.5. The van der Waals surface area contributed by atoms with Crippen molar-refractivity contribution in [1.82, 2.24) is 4.98 Å². The number of hydrogen-bond donors (Lipinski definition) is 1. The first-order chi connectivity index (χ1) is 9.20. The van der Waals surface area contributed by atoms with Gasteiger partial charge in [0.2, 0.25) is 0 Å². The molecule has 19 heavy (non-hydrogen) atoms. The quantitative estimate of drug-likeness (QED) is 0.690. The van der Waals surface area contributed by atoms with E-state index in [9.17, 15) is 0 Å². The van der Waals surface area contributed by atoms with Crippen LogP contribution in [0.25, 0.3) is 10.9 Å². The molecule has 0 aliphatic rings. The van der Waals surface area contributed by atoms with Crippen molar-refractivity contribution in [3.63, 3.8) is 0 Å². The van der Waals surface area contributed by atoms with Crippen molar-refractivity contribution in [2.45, 2.75) is 9.92 Å². The fourth-order valence-corrected chi connectivity index (χ4v) is 3.24. The normalized spacial score (nSPS) is 10.8. The van der Waals surface area contributed by atoms with E-state index >= 15 is 0 Å². The SMILES string of the molecule is Nc1ccc2nc(Sc3cccc(Br)c3)ccc2c1. The van der Waals surface area contributed by atoms with E-state index in [1.165, 1.54) is 0 Å². The molecule has 0 saturated carbocycles. The van der Waals surface area contributed by atoms with Gasteiger partial charge in [0, 0.05) is 20.4 Å². The van der Waals surface area contributed by atoms with Crippen LogP contribution in [0.1, 0.15) is 0 Å². The van der Waals surface area contributed by atoms with Crippen LogP contribution in [-0.2, 0) is 0 Å². The standard InChI is InChI=1S/C15H11BrN2S/c16-11-2-1-3-13(9-11)19-15-7-4-10-8-12(17)5-6-14(10)18-15/h1-9H,17H2. The maximum atomic E-state index is 5.76. The Morgan fingerprint density at radius 2 is 1.89 bits per heavy atom. The number of benzene rings is 2. The minimum absolute atomic E-state index is 0.765. The average molecular weight is 331 g/mol. The van der Waals surface area contributed by atoms with Crippen LogP contribution in [0.4, 0.5) is 5.69 Å². The Balaban J connectivity index is 1.95. The zero-order chi connectivity index (χ0) is 13.2. The summed E-state index contributed by atoms with van der Waals surface area (Å²) in [5.41, 5.74) is 7.50. The molecule has 3 rings (SSSR count). The number of nitrogen functional groups attached to an aromatic ring is 1. The highest BCUT2D eigenvalue weighted by molar-refractivity contribution is 9.10. The number of nitrogens with two attached hydrogens (primary N) is 1. The Hall–Kier alpha value is -1.52. The highest BCUT2D eigenvalue weighted by atomic mass is 79.9. The maximum Gasteiger partial charge on any atom is 0.101 e. The topological polar surface area (TPSA) is 38.9 Å². The number of fused-ring (bicyclic) bond motifs is 1. The molecule has 2 aromatic carbocycles. The lowest BCUT2D eigenvalue weighted by molar-refractivity contribution is 1.18. The van der Waals surface area contributed by atoms with E-state index in [1.807, 2.05) is 36.4 Å². The van der Waals surface area contributed by atoms with Gasteiger partial charge in [0.25, 0.3) is 0 Å². The number of rotatable bonds is 2. The van der Waals surface area contributed by atoms with Crippen LogP contribution in [0.15, 0.2) is 69.0 Å². The molecule has 1 heterocycles. The second kappa shape index (κ2) is 5.23. The monoisotopic (exact) mass is 330 g/mol. The van der Waals surface area contributed by atoms with Gasteiger partial charge in [-0.1, -0.05) is 39.8 Å². The highest BCUT2D eigenvalue weighted by Crippen LogP contribution is 2.29. The zero-order valence-electron chi connectivity index (χ0n) is 10.0. The van der Waals surface area contributed by atoms with E-state index in [4.69, 9.17) is 5.73 Å². The summed E-state index contributed by atoms with van der Waals surface area (Å²) in [6.45, 7) is 0. The number of hydrogen-bond acceptors (Lipinski definition) is 3. The lowest BCUT2D eigenvalue weighted by Crippen LogP contribution is -1.87. The summed E-state index contributed by atoms with van der Waals surface area (Å²) in [5, 5.41) is 2.05. The molecule has 2 nitrogen and oxygen atoms in total. The fourth-order valence-electron chi connectivity index (χ4n) is 1.83. The van der Waals surface area contributed by atoms with Gasteiger partial charge in [-0.15, -0.1) is 0 Å². The smallest absolute Gasteiger partial charge is 0.101 e. The van der Waals surface area contributed by atoms with Gasteiger partial charge in [-0.05, 0) is 42.5 Å². The van der Waals surface area contributed by atoms with Gasteiger partial charge in [0.15, 0.2) is 0 Å². The summed E-state index contributed by atoms with van der Waals surface area (Å²) in [5.74, 6) is 0. The Morgan fingerprint density at radius 3 is 2.74 bits per heavy atom. The van der Waals surface area contributed by atoms with Crippen LogP contribution in [-0.4, -0.2) is 4.98 Å². The van der Waals surface area contributed by atoms with Gasteiger partial charge in [-0.2, -0.15) is 0 Å². The first-order valence-electron chi connectivity index (χ1n) is 5.80. The largest absolute Gasteiger partial charge is 0.399 e. The number of aromatic nitrogens is 1. The number of pyridine rings is 1. The molecule has 0 unspecified atom stereocenters. The van der Waals surface area contributed by atoms with E-state index < -0.39 is 0 Å². The Labute approximate surface area is 124 Å². The Bertz CT molecular complexity index is 743. The fraction of sp³-hybridized carbons (Fsp3) is 0. The zero-order valence-corrected chi connectivity index (χ0v) is 12.4. The summed E-state index contributed by atoms with van der Waals surface area (Å²) in [6, 6.07) is 18.0. The number of anilines is 1. The Morgan fingerprint density at radius 1 is 1.00 bits per heavy atom. The minimum Gasteiger partial charge on any atom is -0.399 e.